The van der Waals surface area contributed by atoms with Gasteiger partial charge in [-0.3, -0.25) is 4.79 Å². The van der Waals surface area contributed by atoms with Gasteiger partial charge in [0.05, 0.1) is 11.8 Å². The van der Waals surface area contributed by atoms with E-state index < -0.39 is 0 Å². The van der Waals surface area contributed by atoms with Gasteiger partial charge in [-0.05, 0) is 51.0 Å². The average Bonchev–Trinajstić information content (AvgIpc) is 2.50. The predicted octanol–water partition coefficient (Wildman–Crippen LogP) is 4.02. The quantitative estimate of drug-likeness (QED) is 0.654. The van der Waals surface area contributed by atoms with Crippen LogP contribution in [0, 0.1) is 20.8 Å². The molecule has 0 radical (unpaired) electrons. The summed E-state index contributed by atoms with van der Waals surface area (Å²) < 4.78 is 0. The van der Waals surface area contributed by atoms with Crippen molar-refractivity contribution < 1.29 is 4.79 Å². The largest absolute Gasteiger partial charge is 0.349 e. The molecule has 0 bridgehead atoms. The van der Waals surface area contributed by atoms with Crippen molar-refractivity contribution in [1.29, 1.82) is 0 Å². The first-order valence-corrected chi connectivity index (χ1v) is 8.72. The number of benzene rings is 1. The van der Waals surface area contributed by atoms with Gasteiger partial charge in [-0.2, -0.15) is 0 Å². The maximum absolute atomic E-state index is 12.1. The van der Waals surface area contributed by atoms with Gasteiger partial charge in [-0.25, -0.2) is 9.97 Å². The van der Waals surface area contributed by atoms with E-state index in [1.165, 1.54) is 11.8 Å². The number of rotatable bonds is 5. The molecule has 2 aromatic rings. The molecule has 6 heteroatoms. The molecule has 0 unspecified atom stereocenters. The molecule has 0 aliphatic heterocycles. The number of amides is 1. The van der Waals surface area contributed by atoms with Crippen LogP contribution in [0.4, 0.5) is 0 Å². The fourth-order valence-corrected chi connectivity index (χ4v) is 3.02. The summed E-state index contributed by atoms with van der Waals surface area (Å²) in [7, 11) is 0. The van der Waals surface area contributed by atoms with Crippen LogP contribution in [0.1, 0.15) is 35.5 Å². The van der Waals surface area contributed by atoms with Crippen molar-refractivity contribution in [2.24, 2.45) is 0 Å². The summed E-state index contributed by atoms with van der Waals surface area (Å²) in [6, 6.07) is 7.40. The number of nitrogens with zero attached hydrogens (tertiary/aromatic N) is 2. The van der Waals surface area contributed by atoms with E-state index in [-0.39, 0.29) is 17.7 Å². The van der Waals surface area contributed by atoms with E-state index in [1.54, 1.807) is 0 Å². The van der Waals surface area contributed by atoms with Crippen LogP contribution in [-0.4, -0.2) is 21.6 Å². The molecule has 1 N–H and O–H groups in total. The third-order valence-electron chi connectivity index (χ3n) is 3.67. The highest BCUT2D eigenvalue weighted by molar-refractivity contribution is 7.99. The number of halogens is 1. The Labute approximate surface area is 146 Å². The van der Waals surface area contributed by atoms with Crippen LogP contribution in [0.25, 0.3) is 0 Å². The molecule has 0 aliphatic rings. The first kappa shape index (κ1) is 17.8. The maximum Gasteiger partial charge on any atom is 0.230 e. The number of hydrogen-bond donors (Lipinski definition) is 1. The Balaban J connectivity index is 1.92. The van der Waals surface area contributed by atoms with Crippen molar-refractivity contribution in [3.8, 4) is 0 Å². The fraction of sp³-hybridized carbons (Fsp3) is 0.353. The summed E-state index contributed by atoms with van der Waals surface area (Å²) in [5, 5.41) is 4.26. The highest BCUT2D eigenvalue weighted by Gasteiger charge is 2.12. The van der Waals surface area contributed by atoms with Gasteiger partial charge in [0.25, 0.3) is 0 Å². The molecular weight excluding hydrogens is 330 g/mol. The summed E-state index contributed by atoms with van der Waals surface area (Å²) in [6.07, 6.45) is 0. The smallest absolute Gasteiger partial charge is 0.230 e. The van der Waals surface area contributed by atoms with Gasteiger partial charge in [-0.1, -0.05) is 35.5 Å². The van der Waals surface area contributed by atoms with E-state index in [9.17, 15) is 4.79 Å². The van der Waals surface area contributed by atoms with Crippen molar-refractivity contribution in [2.45, 2.75) is 38.9 Å². The molecule has 0 aliphatic carbocycles. The molecule has 2 rings (SSSR count). The van der Waals surface area contributed by atoms with Gasteiger partial charge < -0.3 is 5.32 Å². The number of aromatic nitrogens is 2. The van der Waals surface area contributed by atoms with Crippen molar-refractivity contribution in [1.82, 2.24) is 15.3 Å². The molecule has 122 valence electrons. The lowest BCUT2D eigenvalue weighted by atomic mass is 10.1. The second-order valence-electron chi connectivity index (χ2n) is 5.43. The minimum atomic E-state index is -0.0933. The highest BCUT2D eigenvalue weighted by Crippen LogP contribution is 2.19. The van der Waals surface area contributed by atoms with Crippen LogP contribution < -0.4 is 5.32 Å². The van der Waals surface area contributed by atoms with Crippen LogP contribution in [0.3, 0.4) is 0 Å². The summed E-state index contributed by atoms with van der Waals surface area (Å²) in [5.74, 6) is 0.231. The van der Waals surface area contributed by atoms with E-state index in [2.05, 4.69) is 15.3 Å². The third kappa shape index (κ3) is 4.94. The summed E-state index contributed by atoms with van der Waals surface area (Å²) in [4.78, 5) is 20.9. The van der Waals surface area contributed by atoms with Gasteiger partial charge in [0.15, 0.2) is 5.16 Å². The molecule has 1 atom stereocenters. The lowest BCUT2D eigenvalue weighted by molar-refractivity contribution is -0.119. The second-order valence-corrected chi connectivity index (χ2v) is 6.81. The van der Waals surface area contributed by atoms with E-state index in [0.29, 0.717) is 10.2 Å². The Kier molecular flexibility index (Phi) is 6.02. The first-order valence-electron chi connectivity index (χ1n) is 7.36. The minimum Gasteiger partial charge on any atom is -0.349 e. The molecule has 4 nitrogen and oxygen atoms in total. The number of nitrogens with one attached hydrogen (secondary N) is 1. The van der Waals surface area contributed by atoms with Gasteiger partial charge in [0.2, 0.25) is 5.91 Å². The predicted molar refractivity (Wildman–Crippen MR) is 95.0 cm³/mol. The highest BCUT2D eigenvalue weighted by atomic mass is 35.5. The third-order valence-corrected chi connectivity index (χ3v) is 4.75. The molecule has 23 heavy (non-hydrogen) atoms. The summed E-state index contributed by atoms with van der Waals surface area (Å²) in [6.45, 7) is 7.84. The normalized spacial score (nSPS) is 12.0. The molecule has 0 saturated heterocycles. The Morgan fingerprint density at radius 2 is 1.91 bits per heavy atom. The lowest BCUT2D eigenvalue weighted by Crippen LogP contribution is -2.28. The van der Waals surface area contributed by atoms with E-state index >= 15 is 0 Å². The number of aryl methyl sites for hydroxylation is 2. The Morgan fingerprint density at radius 3 is 2.52 bits per heavy atom. The number of carbonyl (C=O) groups excluding carboxylic acids is 1. The number of thioether (sulfide) groups is 1. The zero-order valence-electron chi connectivity index (χ0n) is 13.7. The standard InChI is InChI=1S/C17H20ClN3OS/c1-10-11(2)20-17(21-12(10)3)23-9-16(22)19-13(4)14-6-5-7-15(18)8-14/h5-8,13H,9H2,1-4H3,(H,19,22)/t13-/m1/s1. The van der Waals surface area contributed by atoms with Crippen LogP contribution in [-0.2, 0) is 4.79 Å². The average molecular weight is 350 g/mol. The van der Waals surface area contributed by atoms with Crippen LogP contribution in [0.15, 0.2) is 29.4 Å². The van der Waals surface area contributed by atoms with Crippen molar-refractivity contribution in [3.63, 3.8) is 0 Å². The molecule has 1 amide bonds. The van der Waals surface area contributed by atoms with Gasteiger partial charge in [-0.15, -0.1) is 0 Å². The minimum absolute atomic E-state index is 0.0537. The maximum atomic E-state index is 12.1. The van der Waals surface area contributed by atoms with E-state index in [1.807, 2.05) is 52.0 Å². The summed E-state index contributed by atoms with van der Waals surface area (Å²) in [5.41, 5.74) is 3.97. The van der Waals surface area contributed by atoms with Crippen molar-refractivity contribution in [3.05, 3.63) is 51.8 Å². The molecule has 0 saturated carbocycles. The second kappa shape index (κ2) is 7.79. The van der Waals surface area contributed by atoms with Crippen molar-refractivity contribution >= 4 is 29.3 Å². The molecule has 1 aromatic carbocycles. The summed E-state index contributed by atoms with van der Waals surface area (Å²) >= 11 is 7.32. The zero-order chi connectivity index (χ0) is 17.0. The Bertz CT molecular complexity index is 698. The van der Waals surface area contributed by atoms with E-state index in [0.717, 1.165) is 22.5 Å². The molecule has 1 aromatic heterocycles. The molecule has 0 spiro atoms. The Hall–Kier alpha value is -1.59. The van der Waals surface area contributed by atoms with Gasteiger partial charge in [0, 0.05) is 16.4 Å². The lowest BCUT2D eigenvalue weighted by Gasteiger charge is -2.14. The fourth-order valence-electron chi connectivity index (χ4n) is 2.08. The van der Waals surface area contributed by atoms with Gasteiger partial charge >= 0.3 is 0 Å². The van der Waals surface area contributed by atoms with Crippen molar-refractivity contribution in [2.75, 3.05) is 5.75 Å². The SMILES string of the molecule is Cc1nc(SCC(=O)N[C@H](C)c2cccc(Cl)c2)nc(C)c1C. The van der Waals surface area contributed by atoms with Crippen LogP contribution in [0.2, 0.25) is 5.02 Å². The zero-order valence-corrected chi connectivity index (χ0v) is 15.3. The topological polar surface area (TPSA) is 54.9 Å². The number of carbonyl (C=O) groups is 1. The van der Waals surface area contributed by atoms with E-state index in [4.69, 9.17) is 11.6 Å². The van der Waals surface area contributed by atoms with Gasteiger partial charge in [0.1, 0.15) is 0 Å². The first-order chi connectivity index (χ1) is 10.9. The van der Waals surface area contributed by atoms with Crippen LogP contribution >= 0.6 is 23.4 Å². The molecular formula is C17H20ClN3OS. The number of hydrogen-bond acceptors (Lipinski definition) is 4. The molecule has 1 heterocycles. The van der Waals surface area contributed by atoms with Crippen LogP contribution in [0.5, 0.6) is 0 Å². The molecule has 0 fully saturated rings. The Morgan fingerprint density at radius 1 is 1.26 bits per heavy atom. The monoisotopic (exact) mass is 349 g/mol.